The third-order valence-corrected chi connectivity index (χ3v) is 15.4. The molecule has 0 radical (unpaired) electrons. The number of rotatable bonds is 5. The highest BCUT2D eigenvalue weighted by Crippen LogP contribution is 2.62. The minimum absolute atomic E-state index is 0.611. The fourth-order valence-corrected chi connectivity index (χ4v) is 12.7. The summed E-state index contributed by atoms with van der Waals surface area (Å²) in [7, 11) is 0. The summed E-state index contributed by atoms with van der Waals surface area (Å²) in [6, 6.07) is 95.2. The maximum Gasteiger partial charge on any atom is 0.0725 e. The van der Waals surface area contributed by atoms with Crippen molar-refractivity contribution in [3.8, 4) is 39.1 Å². The van der Waals surface area contributed by atoms with Crippen LogP contribution in [0.2, 0.25) is 0 Å². The molecule has 1 spiro atoms. The van der Waals surface area contributed by atoms with E-state index in [9.17, 15) is 0 Å². The van der Waals surface area contributed by atoms with E-state index < -0.39 is 5.41 Å². The molecule has 0 saturated heterocycles. The van der Waals surface area contributed by atoms with Crippen LogP contribution in [0.5, 0.6) is 0 Å². The lowest BCUT2D eigenvalue weighted by Gasteiger charge is -2.46. The Morgan fingerprint density at radius 1 is 0.304 bits per heavy atom. The van der Waals surface area contributed by atoms with Crippen LogP contribution in [0, 0.1) is 0 Å². The number of aromatic nitrogens is 1. The second-order valence-electron chi connectivity index (χ2n) is 18.7. The minimum atomic E-state index is -0.611. The van der Waals surface area contributed by atoms with Crippen LogP contribution in [0.25, 0.3) is 93.2 Å². The van der Waals surface area contributed by atoms with Crippen molar-refractivity contribution in [2.45, 2.75) is 5.41 Å². The van der Waals surface area contributed by atoms with Gasteiger partial charge in [0.25, 0.3) is 0 Å². The SMILES string of the molecule is c1ccc(-c2ccc3c4c(cccc24)C2(c4ccccc4-3)c3ccccc3-c3ccc(N(c4ccc5c6ccccc6n(-c6ccccc6)c5c4)c4cccc5ccccc45)c4cccc2c34)cc1. The quantitative estimate of drug-likeness (QED) is 0.167. The Balaban J connectivity index is 1.06. The lowest BCUT2D eigenvalue weighted by atomic mass is 9.55. The van der Waals surface area contributed by atoms with Crippen molar-refractivity contribution >= 4 is 71.2 Å². The number of hydrogen-bond donors (Lipinski definition) is 0. The number of anilines is 3. The second kappa shape index (κ2) is 14.5. The van der Waals surface area contributed by atoms with Crippen LogP contribution in [-0.4, -0.2) is 4.57 Å². The van der Waals surface area contributed by atoms with Gasteiger partial charge in [-0.1, -0.05) is 212 Å². The van der Waals surface area contributed by atoms with Crippen LogP contribution in [0.3, 0.4) is 0 Å². The normalized spacial score (nSPS) is 14.4. The van der Waals surface area contributed by atoms with Crippen LogP contribution in [0.4, 0.5) is 17.1 Å². The third-order valence-electron chi connectivity index (χ3n) is 15.4. The van der Waals surface area contributed by atoms with Crippen molar-refractivity contribution in [1.29, 1.82) is 0 Å². The summed E-state index contributed by atoms with van der Waals surface area (Å²) in [5.41, 5.74) is 19.1. The molecule has 1 atom stereocenters. The molecule has 2 aliphatic rings. The molecule has 0 fully saturated rings. The molecule has 1 heterocycles. The van der Waals surface area contributed by atoms with Gasteiger partial charge in [0.2, 0.25) is 0 Å². The average Bonchev–Trinajstić information content (AvgIpc) is 3.75. The topological polar surface area (TPSA) is 8.17 Å². The van der Waals surface area contributed by atoms with Gasteiger partial charge in [-0.25, -0.2) is 0 Å². The van der Waals surface area contributed by atoms with E-state index in [1.165, 1.54) is 110 Å². The summed E-state index contributed by atoms with van der Waals surface area (Å²) >= 11 is 0. The number of benzene rings is 12. The second-order valence-corrected chi connectivity index (χ2v) is 18.7. The van der Waals surface area contributed by atoms with Gasteiger partial charge in [-0.2, -0.15) is 0 Å². The fraction of sp³-hybridized carbons (Fsp3) is 0.0149. The molecule has 0 N–H and O–H groups in total. The molecule has 320 valence electrons. The van der Waals surface area contributed by atoms with Crippen molar-refractivity contribution in [2.75, 3.05) is 4.90 Å². The molecule has 13 aromatic rings. The predicted octanol–water partition coefficient (Wildman–Crippen LogP) is 17.7. The Kier molecular flexibility index (Phi) is 8.02. The molecule has 1 unspecified atom stereocenters. The molecule has 2 nitrogen and oxygen atoms in total. The van der Waals surface area contributed by atoms with Crippen LogP contribution >= 0.6 is 0 Å². The Morgan fingerprint density at radius 2 is 0.826 bits per heavy atom. The van der Waals surface area contributed by atoms with Crippen molar-refractivity contribution in [1.82, 2.24) is 4.57 Å². The van der Waals surface area contributed by atoms with E-state index in [1.807, 2.05) is 0 Å². The van der Waals surface area contributed by atoms with Gasteiger partial charge in [0.1, 0.15) is 0 Å². The van der Waals surface area contributed by atoms with Crippen LogP contribution < -0.4 is 4.90 Å². The maximum absolute atomic E-state index is 2.53. The van der Waals surface area contributed by atoms with Gasteiger partial charge in [0, 0.05) is 32.9 Å². The molecule has 0 aliphatic heterocycles. The highest BCUT2D eigenvalue weighted by molar-refractivity contribution is 6.17. The van der Waals surface area contributed by atoms with E-state index >= 15 is 0 Å². The van der Waals surface area contributed by atoms with Crippen molar-refractivity contribution in [3.63, 3.8) is 0 Å². The zero-order valence-corrected chi connectivity index (χ0v) is 37.6. The monoisotopic (exact) mass is 874 g/mol. The van der Waals surface area contributed by atoms with Crippen LogP contribution in [-0.2, 0) is 5.41 Å². The summed E-state index contributed by atoms with van der Waals surface area (Å²) in [4.78, 5) is 2.53. The molecular weight excluding hydrogens is 833 g/mol. The largest absolute Gasteiger partial charge is 0.309 e. The van der Waals surface area contributed by atoms with Gasteiger partial charge in [-0.05, 0) is 120 Å². The fourth-order valence-electron chi connectivity index (χ4n) is 12.7. The van der Waals surface area contributed by atoms with Crippen LogP contribution in [0.1, 0.15) is 22.3 Å². The highest BCUT2D eigenvalue weighted by Gasteiger charge is 2.48. The average molecular weight is 875 g/mol. The molecule has 2 heteroatoms. The first-order valence-corrected chi connectivity index (χ1v) is 24.0. The van der Waals surface area contributed by atoms with E-state index in [0.29, 0.717) is 0 Å². The lowest BCUT2D eigenvalue weighted by molar-refractivity contribution is 0.754. The first-order chi connectivity index (χ1) is 34.3. The van der Waals surface area contributed by atoms with E-state index in [-0.39, 0.29) is 0 Å². The van der Waals surface area contributed by atoms with Crippen LogP contribution in [0.15, 0.2) is 255 Å². The number of nitrogens with zero attached hydrogens (tertiary/aromatic N) is 2. The maximum atomic E-state index is 2.53. The minimum Gasteiger partial charge on any atom is -0.309 e. The molecule has 0 amide bonds. The molecule has 0 saturated carbocycles. The van der Waals surface area contributed by atoms with E-state index in [2.05, 4.69) is 264 Å². The molecule has 0 bridgehead atoms. The van der Waals surface area contributed by atoms with Gasteiger partial charge in [-0.15, -0.1) is 0 Å². The number of hydrogen-bond acceptors (Lipinski definition) is 1. The van der Waals surface area contributed by atoms with E-state index in [1.54, 1.807) is 0 Å². The van der Waals surface area contributed by atoms with Gasteiger partial charge in [-0.3, -0.25) is 0 Å². The zero-order chi connectivity index (χ0) is 45.2. The first-order valence-electron chi connectivity index (χ1n) is 24.0. The first kappa shape index (κ1) is 38.2. The molecule has 2 aliphatic carbocycles. The summed E-state index contributed by atoms with van der Waals surface area (Å²) in [5.74, 6) is 0. The Hall–Kier alpha value is -8.98. The van der Waals surface area contributed by atoms with Crippen molar-refractivity contribution in [2.24, 2.45) is 0 Å². The summed E-state index contributed by atoms with van der Waals surface area (Å²) < 4.78 is 2.43. The molecule has 15 rings (SSSR count). The summed E-state index contributed by atoms with van der Waals surface area (Å²) in [5, 5.41) is 9.97. The smallest absolute Gasteiger partial charge is 0.0725 e. The number of fused-ring (bicyclic) bond motifs is 12. The van der Waals surface area contributed by atoms with Crippen molar-refractivity contribution in [3.05, 3.63) is 277 Å². The molecule has 12 aromatic carbocycles. The highest BCUT2D eigenvalue weighted by atomic mass is 15.1. The van der Waals surface area contributed by atoms with Gasteiger partial charge in [0.05, 0.1) is 27.8 Å². The van der Waals surface area contributed by atoms with E-state index in [0.717, 1.165) is 22.7 Å². The van der Waals surface area contributed by atoms with Gasteiger partial charge in [0.15, 0.2) is 0 Å². The standard InChI is InChI=1S/C67H42N2/c1-3-18-43(19-4-1)47-38-39-54-49-25-9-12-30-57(49)67(59-32-16-28-53(47)65(54)59)58-31-13-10-26-50(58)55-40-41-63(56-29-17-33-60(67)66(55)56)69(61-35-15-21-44-20-7-8-24-48(44)61)46-36-37-52-51-27-11-14-34-62(51)68(64(52)42-46)45-22-5-2-6-23-45/h1-42H. The predicted molar refractivity (Wildman–Crippen MR) is 290 cm³/mol. The van der Waals surface area contributed by atoms with Gasteiger partial charge >= 0.3 is 0 Å². The molecular formula is C67H42N2. The molecule has 1 aromatic heterocycles. The Morgan fingerprint density at radius 3 is 1.59 bits per heavy atom. The van der Waals surface area contributed by atoms with E-state index in [4.69, 9.17) is 0 Å². The van der Waals surface area contributed by atoms with Gasteiger partial charge < -0.3 is 9.47 Å². The summed E-state index contributed by atoms with van der Waals surface area (Å²) in [6.45, 7) is 0. The zero-order valence-electron chi connectivity index (χ0n) is 37.6. The Labute approximate surface area is 400 Å². The summed E-state index contributed by atoms with van der Waals surface area (Å²) in [6.07, 6.45) is 0. The lowest BCUT2D eigenvalue weighted by Crippen LogP contribution is -2.36. The Bertz CT molecular complexity index is 4250. The third kappa shape index (κ3) is 5.20. The van der Waals surface area contributed by atoms with Crippen molar-refractivity contribution < 1.29 is 0 Å². The number of para-hydroxylation sites is 2. The molecule has 69 heavy (non-hydrogen) atoms.